The Morgan fingerprint density at radius 2 is 1.66 bits per heavy atom. The summed E-state index contributed by atoms with van der Waals surface area (Å²) in [5, 5.41) is 1.80. The maximum absolute atomic E-state index is 6.54. The van der Waals surface area contributed by atoms with Gasteiger partial charge in [0.1, 0.15) is 12.1 Å². The number of piperidine rings is 1. The molecule has 5 heteroatoms. The van der Waals surface area contributed by atoms with Crippen LogP contribution in [-0.2, 0) is 0 Å². The molecular weight excluding hydrogens is 380 g/mol. The quantitative estimate of drug-likeness (QED) is 0.423. The number of hydrogen-bond acceptors (Lipinski definition) is 3. The van der Waals surface area contributed by atoms with E-state index in [9.17, 15) is 0 Å². The number of aromatic nitrogens is 3. The summed E-state index contributed by atoms with van der Waals surface area (Å²) < 4.78 is 2.09. The van der Waals surface area contributed by atoms with Crippen molar-refractivity contribution < 1.29 is 0 Å². The highest BCUT2D eigenvalue weighted by atomic mass is 35.5. The number of benzene rings is 2. The maximum Gasteiger partial charge on any atom is 0.150 e. The SMILES string of the molecule is CC1CCN(c2ncnc3c2c(-c2ccccc2)cn3-c2ccccc2Cl)CC1. The van der Waals surface area contributed by atoms with E-state index in [-0.39, 0.29) is 0 Å². The molecule has 1 saturated heterocycles. The van der Waals surface area contributed by atoms with E-state index in [1.165, 1.54) is 12.8 Å². The van der Waals surface area contributed by atoms with Crippen LogP contribution in [0.3, 0.4) is 0 Å². The second kappa shape index (κ2) is 7.53. The Bertz CT molecular complexity index is 1140. The molecule has 0 radical (unpaired) electrons. The van der Waals surface area contributed by atoms with E-state index >= 15 is 0 Å². The highest BCUT2D eigenvalue weighted by molar-refractivity contribution is 6.32. The molecule has 0 atom stereocenters. The van der Waals surface area contributed by atoms with E-state index in [1.807, 2.05) is 30.3 Å². The summed E-state index contributed by atoms with van der Waals surface area (Å²) in [4.78, 5) is 11.8. The van der Waals surface area contributed by atoms with Gasteiger partial charge in [-0.05, 0) is 36.5 Å². The van der Waals surface area contributed by atoms with Crippen molar-refractivity contribution in [1.82, 2.24) is 14.5 Å². The number of fused-ring (bicyclic) bond motifs is 1. The van der Waals surface area contributed by atoms with Crippen LogP contribution in [0.15, 0.2) is 67.1 Å². The zero-order valence-electron chi connectivity index (χ0n) is 16.4. The smallest absolute Gasteiger partial charge is 0.150 e. The van der Waals surface area contributed by atoms with Crippen LogP contribution in [0.4, 0.5) is 5.82 Å². The lowest BCUT2D eigenvalue weighted by Gasteiger charge is -2.31. The second-order valence-electron chi connectivity index (χ2n) is 7.80. The molecule has 0 aliphatic carbocycles. The van der Waals surface area contributed by atoms with Crippen LogP contribution in [0.5, 0.6) is 0 Å². The molecule has 29 heavy (non-hydrogen) atoms. The van der Waals surface area contributed by atoms with Gasteiger partial charge in [0.2, 0.25) is 0 Å². The monoisotopic (exact) mass is 402 g/mol. The Kier molecular flexibility index (Phi) is 4.72. The molecule has 3 heterocycles. The first-order chi connectivity index (χ1) is 14.2. The lowest BCUT2D eigenvalue weighted by atomic mass is 9.98. The summed E-state index contributed by atoms with van der Waals surface area (Å²) in [6, 6.07) is 18.4. The van der Waals surface area contributed by atoms with Crippen LogP contribution in [0.1, 0.15) is 19.8 Å². The third-order valence-corrected chi connectivity index (χ3v) is 6.16. The Labute approximate surface area is 175 Å². The average molecular weight is 403 g/mol. The van der Waals surface area contributed by atoms with Gasteiger partial charge in [0, 0.05) is 24.8 Å². The molecule has 0 amide bonds. The molecule has 1 aliphatic rings. The number of para-hydroxylation sites is 1. The molecule has 0 bridgehead atoms. The Balaban J connectivity index is 1.77. The lowest BCUT2D eigenvalue weighted by Crippen LogP contribution is -2.33. The summed E-state index contributed by atoms with van der Waals surface area (Å²) in [7, 11) is 0. The minimum absolute atomic E-state index is 0.705. The van der Waals surface area contributed by atoms with Gasteiger partial charge in [-0.1, -0.05) is 61.0 Å². The van der Waals surface area contributed by atoms with Crippen LogP contribution in [0, 0.1) is 5.92 Å². The molecule has 2 aromatic carbocycles. The van der Waals surface area contributed by atoms with E-state index < -0.39 is 0 Å². The molecule has 2 aromatic heterocycles. The Morgan fingerprint density at radius 1 is 0.931 bits per heavy atom. The van der Waals surface area contributed by atoms with Gasteiger partial charge in [0.05, 0.1) is 16.1 Å². The van der Waals surface area contributed by atoms with Gasteiger partial charge in [0.25, 0.3) is 0 Å². The van der Waals surface area contributed by atoms with Gasteiger partial charge < -0.3 is 4.90 Å². The highest BCUT2D eigenvalue weighted by Gasteiger charge is 2.24. The first-order valence-corrected chi connectivity index (χ1v) is 10.5. The first kappa shape index (κ1) is 18.2. The number of nitrogens with zero attached hydrogens (tertiary/aromatic N) is 4. The van der Waals surface area contributed by atoms with Gasteiger partial charge in [-0.25, -0.2) is 9.97 Å². The predicted octanol–water partition coefficient (Wildman–Crippen LogP) is 5.98. The molecule has 146 valence electrons. The van der Waals surface area contributed by atoms with Crippen molar-refractivity contribution in [3.05, 3.63) is 72.1 Å². The number of rotatable bonds is 3. The van der Waals surface area contributed by atoms with Gasteiger partial charge >= 0.3 is 0 Å². The largest absolute Gasteiger partial charge is 0.356 e. The third kappa shape index (κ3) is 3.28. The average Bonchev–Trinajstić information content (AvgIpc) is 3.15. The van der Waals surface area contributed by atoms with Crippen LogP contribution in [0.25, 0.3) is 27.8 Å². The van der Waals surface area contributed by atoms with Crippen molar-refractivity contribution >= 4 is 28.5 Å². The summed E-state index contributed by atoms with van der Waals surface area (Å²) >= 11 is 6.54. The highest BCUT2D eigenvalue weighted by Crippen LogP contribution is 2.38. The number of anilines is 1. The van der Waals surface area contributed by atoms with Gasteiger partial charge in [0.15, 0.2) is 5.65 Å². The van der Waals surface area contributed by atoms with Crippen LogP contribution in [-0.4, -0.2) is 27.6 Å². The molecule has 0 spiro atoms. The minimum atomic E-state index is 0.705. The van der Waals surface area contributed by atoms with Crippen molar-refractivity contribution in [1.29, 1.82) is 0 Å². The topological polar surface area (TPSA) is 34.0 Å². The molecular formula is C24H23ClN4. The zero-order chi connectivity index (χ0) is 19.8. The molecule has 0 N–H and O–H groups in total. The van der Waals surface area contributed by atoms with Crippen LogP contribution < -0.4 is 4.90 Å². The third-order valence-electron chi connectivity index (χ3n) is 5.84. The minimum Gasteiger partial charge on any atom is -0.356 e. The molecule has 1 aliphatic heterocycles. The van der Waals surface area contributed by atoms with E-state index in [0.717, 1.165) is 52.7 Å². The van der Waals surface area contributed by atoms with Gasteiger partial charge in [-0.15, -0.1) is 0 Å². The summed E-state index contributed by atoms with van der Waals surface area (Å²) in [5.41, 5.74) is 4.11. The van der Waals surface area contributed by atoms with Crippen LogP contribution >= 0.6 is 11.6 Å². The van der Waals surface area contributed by atoms with Gasteiger partial charge in [-0.2, -0.15) is 0 Å². The lowest BCUT2D eigenvalue weighted by molar-refractivity contribution is 0.437. The fraction of sp³-hybridized carbons (Fsp3) is 0.250. The number of hydrogen-bond donors (Lipinski definition) is 0. The van der Waals surface area contributed by atoms with Crippen molar-refractivity contribution in [3.63, 3.8) is 0 Å². The van der Waals surface area contributed by atoms with Crippen molar-refractivity contribution in [2.24, 2.45) is 5.92 Å². The molecule has 1 fully saturated rings. The van der Waals surface area contributed by atoms with Gasteiger partial charge in [-0.3, -0.25) is 4.57 Å². The second-order valence-corrected chi connectivity index (χ2v) is 8.20. The molecule has 0 saturated carbocycles. The molecule has 4 nitrogen and oxygen atoms in total. The van der Waals surface area contributed by atoms with E-state index in [1.54, 1.807) is 6.33 Å². The Hall–Kier alpha value is -2.85. The summed E-state index contributed by atoms with van der Waals surface area (Å²) in [6.07, 6.45) is 6.21. The van der Waals surface area contributed by atoms with E-state index in [0.29, 0.717) is 5.02 Å². The first-order valence-electron chi connectivity index (χ1n) is 10.1. The van der Waals surface area contributed by atoms with Crippen molar-refractivity contribution in [3.8, 4) is 16.8 Å². The van der Waals surface area contributed by atoms with Crippen LogP contribution in [0.2, 0.25) is 5.02 Å². The summed E-state index contributed by atoms with van der Waals surface area (Å²) in [6.45, 7) is 4.38. The Morgan fingerprint density at radius 3 is 2.41 bits per heavy atom. The fourth-order valence-corrected chi connectivity index (χ4v) is 4.40. The normalized spacial score (nSPS) is 15.2. The zero-order valence-corrected chi connectivity index (χ0v) is 17.2. The summed E-state index contributed by atoms with van der Waals surface area (Å²) in [5.74, 6) is 1.79. The predicted molar refractivity (Wildman–Crippen MR) is 120 cm³/mol. The standard InChI is InChI=1S/C24H23ClN4/c1-17-11-13-28(14-12-17)23-22-19(18-7-3-2-4-8-18)15-29(24(22)27-16-26-23)21-10-6-5-9-20(21)25/h2-10,15-17H,11-14H2,1H3. The number of halogens is 1. The van der Waals surface area contributed by atoms with E-state index in [2.05, 4.69) is 51.8 Å². The van der Waals surface area contributed by atoms with E-state index in [4.69, 9.17) is 16.6 Å². The maximum atomic E-state index is 6.54. The van der Waals surface area contributed by atoms with Crippen molar-refractivity contribution in [2.45, 2.75) is 19.8 Å². The molecule has 0 unspecified atom stereocenters. The molecule has 5 rings (SSSR count). The van der Waals surface area contributed by atoms with Crippen molar-refractivity contribution in [2.75, 3.05) is 18.0 Å². The molecule has 4 aromatic rings. The fourth-order valence-electron chi connectivity index (χ4n) is 4.17.